The molecule has 0 heterocycles. The highest BCUT2D eigenvalue weighted by Gasteiger charge is 2.19. The van der Waals surface area contributed by atoms with Gasteiger partial charge in [0.25, 0.3) is 0 Å². The van der Waals surface area contributed by atoms with E-state index in [0.29, 0.717) is 19.3 Å². The van der Waals surface area contributed by atoms with Gasteiger partial charge in [0.15, 0.2) is 6.10 Å². The van der Waals surface area contributed by atoms with Crippen molar-refractivity contribution in [3.05, 3.63) is 24.3 Å². The Morgan fingerprint density at radius 3 is 0.919 bits per heavy atom. The van der Waals surface area contributed by atoms with E-state index in [1.165, 1.54) is 180 Å². The summed E-state index contributed by atoms with van der Waals surface area (Å²) in [5.74, 6) is -0.866. The molecule has 6 nitrogen and oxygen atoms in total. The molecule has 0 aromatic carbocycles. The second-order valence-corrected chi connectivity index (χ2v) is 18.5. The van der Waals surface area contributed by atoms with Crippen LogP contribution in [0.25, 0.3) is 0 Å². The van der Waals surface area contributed by atoms with Gasteiger partial charge >= 0.3 is 17.9 Å². The molecule has 6 heteroatoms. The van der Waals surface area contributed by atoms with Crippen molar-refractivity contribution in [2.24, 2.45) is 0 Å². The predicted octanol–water partition coefficient (Wildman–Crippen LogP) is 17.9. The first kappa shape index (κ1) is 59.9. The predicted molar refractivity (Wildman–Crippen MR) is 266 cm³/mol. The Labute approximate surface area is 385 Å². The Kier molecular flexibility index (Phi) is 49.8. The molecule has 1 atom stereocenters. The minimum absolute atomic E-state index is 0.0704. The zero-order valence-electron chi connectivity index (χ0n) is 41.7. The van der Waals surface area contributed by atoms with Gasteiger partial charge in [-0.1, -0.05) is 251 Å². The van der Waals surface area contributed by atoms with Gasteiger partial charge in [-0.25, -0.2) is 0 Å². The van der Waals surface area contributed by atoms with Crippen LogP contribution >= 0.6 is 0 Å². The Morgan fingerprint density at radius 1 is 0.323 bits per heavy atom. The number of carbonyl (C=O) groups excluding carboxylic acids is 3. The summed E-state index contributed by atoms with van der Waals surface area (Å²) in [7, 11) is 0. The van der Waals surface area contributed by atoms with Crippen LogP contribution in [0.4, 0.5) is 0 Å². The van der Waals surface area contributed by atoms with E-state index < -0.39 is 6.10 Å². The SMILES string of the molecule is CCCCC/C=C/C/C=C/CCCCCCCC(=O)OC[C@@H](COC(=O)CCCCCCCCCCCCCCCC)OC(=O)CCCCCCCCCCCCCCCCC. The first-order valence-electron chi connectivity index (χ1n) is 27.3. The van der Waals surface area contributed by atoms with Gasteiger partial charge in [0, 0.05) is 19.3 Å². The largest absolute Gasteiger partial charge is 0.462 e. The molecule has 0 bridgehead atoms. The van der Waals surface area contributed by atoms with E-state index in [1.54, 1.807) is 0 Å². The standard InChI is InChI=1S/C56H104O6/c1-4-7-10-13-16-19-22-25-28-31-34-37-40-43-46-49-55(58)61-52-53(51-60-54(57)48-45-42-39-36-33-30-27-24-21-18-15-12-9-6-3)62-56(59)50-47-44-41-38-35-32-29-26-23-20-17-14-11-8-5-2/h16,19,25,28,53H,4-15,17-18,20-24,26-27,29-52H2,1-3H3/b19-16+,28-25+/t53-/m1/s1. The van der Waals surface area contributed by atoms with Crippen molar-refractivity contribution in [2.75, 3.05) is 13.2 Å². The molecule has 0 unspecified atom stereocenters. The van der Waals surface area contributed by atoms with E-state index in [2.05, 4.69) is 45.1 Å². The number of ether oxygens (including phenoxy) is 3. The number of hydrogen-bond donors (Lipinski definition) is 0. The third-order valence-corrected chi connectivity index (χ3v) is 12.2. The van der Waals surface area contributed by atoms with Gasteiger partial charge in [-0.05, 0) is 51.4 Å². The van der Waals surface area contributed by atoms with Crippen LogP contribution in [0.1, 0.15) is 297 Å². The Bertz CT molecular complexity index is 1000. The van der Waals surface area contributed by atoms with Crippen molar-refractivity contribution in [1.29, 1.82) is 0 Å². The lowest BCUT2D eigenvalue weighted by Gasteiger charge is -2.18. The van der Waals surface area contributed by atoms with Gasteiger partial charge in [0.05, 0.1) is 0 Å². The van der Waals surface area contributed by atoms with E-state index in [1.807, 2.05) is 0 Å². The van der Waals surface area contributed by atoms with E-state index in [4.69, 9.17) is 14.2 Å². The number of allylic oxidation sites excluding steroid dienone is 4. The Balaban J connectivity index is 4.35. The van der Waals surface area contributed by atoms with E-state index in [9.17, 15) is 14.4 Å². The highest BCUT2D eigenvalue weighted by atomic mass is 16.6. The Morgan fingerprint density at radius 2 is 0.581 bits per heavy atom. The second kappa shape index (κ2) is 51.5. The van der Waals surface area contributed by atoms with Gasteiger partial charge in [0.2, 0.25) is 0 Å². The smallest absolute Gasteiger partial charge is 0.306 e. The molecule has 0 N–H and O–H groups in total. The van der Waals surface area contributed by atoms with Crippen LogP contribution in [0.5, 0.6) is 0 Å². The first-order valence-corrected chi connectivity index (χ1v) is 27.3. The third kappa shape index (κ3) is 48.9. The molecule has 364 valence electrons. The molecule has 0 aliphatic heterocycles. The van der Waals surface area contributed by atoms with Crippen molar-refractivity contribution in [2.45, 2.75) is 303 Å². The summed E-state index contributed by atoms with van der Waals surface area (Å²) in [5.41, 5.74) is 0. The lowest BCUT2D eigenvalue weighted by atomic mass is 10.0. The topological polar surface area (TPSA) is 78.9 Å². The maximum Gasteiger partial charge on any atom is 0.306 e. The van der Waals surface area contributed by atoms with Crippen molar-refractivity contribution < 1.29 is 28.6 Å². The van der Waals surface area contributed by atoms with Crippen LogP contribution in [0.15, 0.2) is 24.3 Å². The van der Waals surface area contributed by atoms with E-state index in [-0.39, 0.29) is 31.1 Å². The number of carbonyl (C=O) groups is 3. The monoisotopic (exact) mass is 873 g/mol. The summed E-state index contributed by atoms with van der Waals surface area (Å²) in [6.07, 6.45) is 58.7. The minimum atomic E-state index is -0.771. The zero-order chi connectivity index (χ0) is 45.1. The normalized spacial score (nSPS) is 12.1. The quantitative estimate of drug-likeness (QED) is 0.0262. The van der Waals surface area contributed by atoms with Crippen LogP contribution < -0.4 is 0 Å². The fourth-order valence-corrected chi connectivity index (χ4v) is 8.06. The molecule has 0 aromatic rings. The van der Waals surface area contributed by atoms with Crippen molar-refractivity contribution in [3.8, 4) is 0 Å². The van der Waals surface area contributed by atoms with Crippen LogP contribution in [-0.2, 0) is 28.6 Å². The molecule has 0 aliphatic rings. The fraction of sp³-hybridized carbons (Fsp3) is 0.875. The second-order valence-electron chi connectivity index (χ2n) is 18.5. The summed E-state index contributed by atoms with van der Waals surface area (Å²) < 4.78 is 16.8. The van der Waals surface area contributed by atoms with Crippen molar-refractivity contribution in [1.82, 2.24) is 0 Å². The molecule has 0 radical (unpaired) electrons. The van der Waals surface area contributed by atoms with E-state index in [0.717, 1.165) is 77.0 Å². The van der Waals surface area contributed by atoms with Crippen LogP contribution in [0, 0.1) is 0 Å². The lowest BCUT2D eigenvalue weighted by molar-refractivity contribution is -0.167. The number of esters is 3. The summed E-state index contributed by atoms with van der Waals surface area (Å²) in [6, 6.07) is 0. The summed E-state index contributed by atoms with van der Waals surface area (Å²) >= 11 is 0. The molecular formula is C56H104O6. The molecule has 0 amide bonds. The molecule has 62 heavy (non-hydrogen) atoms. The van der Waals surface area contributed by atoms with Gasteiger partial charge in [-0.2, -0.15) is 0 Å². The molecule has 0 rings (SSSR count). The fourth-order valence-electron chi connectivity index (χ4n) is 8.06. The van der Waals surface area contributed by atoms with Crippen molar-refractivity contribution in [3.63, 3.8) is 0 Å². The minimum Gasteiger partial charge on any atom is -0.462 e. The molecule has 0 fully saturated rings. The van der Waals surface area contributed by atoms with Crippen LogP contribution in [0.3, 0.4) is 0 Å². The zero-order valence-corrected chi connectivity index (χ0v) is 41.7. The summed E-state index contributed by atoms with van der Waals surface area (Å²) in [6.45, 7) is 6.64. The first-order chi connectivity index (χ1) is 30.5. The van der Waals surface area contributed by atoms with Crippen molar-refractivity contribution >= 4 is 17.9 Å². The van der Waals surface area contributed by atoms with Crippen LogP contribution in [0.2, 0.25) is 0 Å². The van der Waals surface area contributed by atoms with Gasteiger partial charge < -0.3 is 14.2 Å². The number of unbranched alkanes of at least 4 members (excludes halogenated alkanes) is 35. The third-order valence-electron chi connectivity index (χ3n) is 12.2. The maximum absolute atomic E-state index is 12.8. The van der Waals surface area contributed by atoms with Gasteiger partial charge in [-0.15, -0.1) is 0 Å². The molecular weight excluding hydrogens is 769 g/mol. The average molecular weight is 873 g/mol. The highest BCUT2D eigenvalue weighted by Crippen LogP contribution is 2.16. The van der Waals surface area contributed by atoms with Crippen LogP contribution in [-0.4, -0.2) is 37.2 Å². The molecule has 0 spiro atoms. The average Bonchev–Trinajstić information content (AvgIpc) is 3.27. The van der Waals surface area contributed by atoms with Gasteiger partial charge in [0.1, 0.15) is 13.2 Å². The summed E-state index contributed by atoms with van der Waals surface area (Å²) in [5, 5.41) is 0. The van der Waals surface area contributed by atoms with Gasteiger partial charge in [-0.3, -0.25) is 14.4 Å². The molecule has 0 aliphatic carbocycles. The maximum atomic E-state index is 12.8. The lowest BCUT2D eigenvalue weighted by Crippen LogP contribution is -2.30. The Hall–Kier alpha value is -2.11. The number of rotatable bonds is 50. The van der Waals surface area contributed by atoms with E-state index >= 15 is 0 Å². The summed E-state index contributed by atoms with van der Waals surface area (Å²) in [4.78, 5) is 38.0. The molecule has 0 saturated heterocycles. The highest BCUT2D eigenvalue weighted by molar-refractivity contribution is 5.71. The molecule has 0 aromatic heterocycles. The molecule has 0 saturated carbocycles. The number of hydrogen-bond acceptors (Lipinski definition) is 6.